The highest BCUT2D eigenvalue weighted by Crippen LogP contribution is 2.44. The number of hydrogen-bond donors (Lipinski definition) is 3. The van der Waals surface area contributed by atoms with E-state index in [0.717, 1.165) is 22.3 Å². The van der Waals surface area contributed by atoms with E-state index in [-0.39, 0.29) is 25.6 Å². The first-order valence-electron chi connectivity index (χ1n) is 12.1. The van der Waals surface area contributed by atoms with Crippen molar-refractivity contribution in [1.29, 1.82) is 0 Å². The molecule has 0 radical (unpaired) electrons. The maximum Gasteiger partial charge on any atom is 0.407 e. The van der Waals surface area contributed by atoms with Gasteiger partial charge in [0.25, 0.3) is 0 Å². The highest BCUT2D eigenvalue weighted by Gasteiger charge is 2.29. The fourth-order valence-corrected chi connectivity index (χ4v) is 4.44. The van der Waals surface area contributed by atoms with Gasteiger partial charge in [0, 0.05) is 25.7 Å². The molecule has 0 spiro atoms. The Morgan fingerprint density at radius 1 is 1.00 bits per heavy atom. The van der Waals surface area contributed by atoms with Gasteiger partial charge in [-0.1, -0.05) is 48.5 Å². The first-order valence-corrected chi connectivity index (χ1v) is 12.1. The Hall–Kier alpha value is -4.34. The number of nitrogens with zero attached hydrogens (tertiary/aromatic N) is 2. The van der Waals surface area contributed by atoms with E-state index in [1.165, 1.54) is 0 Å². The molecule has 0 unspecified atom stereocenters. The lowest BCUT2D eigenvalue weighted by atomic mass is 9.98. The van der Waals surface area contributed by atoms with Crippen LogP contribution in [0.25, 0.3) is 11.1 Å². The van der Waals surface area contributed by atoms with Crippen molar-refractivity contribution in [3.05, 3.63) is 77.9 Å². The molecule has 10 nitrogen and oxygen atoms in total. The minimum atomic E-state index is -1.14. The fraction of sp³-hybridized carbons (Fsp3) is 0.333. The van der Waals surface area contributed by atoms with Crippen LogP contribution in [0.4, 0.5) is 9.59 Å². The molecule has 0 bridgehead atoms. The summed E-state index contributed by atoms with van der Waals surface area (Å²) in [5, 5.41) is 14.6. The highest BCUT2D eigenvalue weighted by atomic mass is 16.6. The quantitative estimate of drug-likeness (QED) is 0.337. The van der Waals surface area contributed by atoms with Crippen LogP contribution in [0.3, 0.4) is 0 Å². The van der Waals surface area contributed by atoms with Gasteiger partial charge in [0.1, 0.15) is 19.3 Å². The minimum Gasteiger partial charge on any atom is -0.480 e. The first kappa shape index (κ1) is 25.7. The summed E-state index contributed by atoms with van der Waals surface area (Å²) in [6.45, 7) is 0.493. The maximum absolute atomic E-state index is 12.4. The number of carboxylic acid groups (broad SMARTS) is 1. The standard InChI is InChI=1S/C27H30N4O6/c1-31-14-18(29-17-31)15-36-26(34)28-13-7-6-12-24(25(32)33)30-27(35)37-16-23-21-10-4-2-8-19(21)20-9-3-5-11-22(20)23/h2-5,8-11,14,17,23-24H,6-7,12-13,15-16H2,1H3,(H,28,34)(H,30,35)(H,32,33)/t24-/m0/s1. The molecule has 2 amide bonds. The van der Waals surface area contributed by atoms with Gasteiger partial charge in [-0.05, 0) is 41.5 Å². The van der Waals surface area contributed by atoms with Gasteiger partial charge in [0.2, 0.25) is 0 Å². The van der Waals surface area contributed by atoms with Crippen molar-refractivity contribution in [2.24, 2.45) is 7.05 Å². The minimum absolute atomic E-state index is 0.0673. The number of ether oxygens (including phenoxy) is 2. The molecule has 1 aliphatic carbocycles. The second kappa shape index (κ2) is 12.1. The van der Waals surface area contributed by atoms with Crippen molar-refractivity contribution in [3.8, 4) is 11.1 Å². The number of unbranched alkanes of at least 4 members (excludes halogenated alkanes) is 1. The van der Waals surface area contributed by atoms with Crippen molar-refractivity contribution in [3.63, 3.8) is 0 Å². The summed E-state index contributed by atoms with van der Waals surface area (Å²) >= 11 is 0. The molecule has 37 heavy (non-hydrogen) atoms. The zero-order valence-corrected chi connectivity index (χ0v) is 20.6. The van der Waals surface area contributed by atoms with Crippen LogP contribution in [0.5, 0.6) is 0 Å². The second-order valence-corrected chi connectivity index (χ2v) is 8.89. The Bertz CT molecular complexity index is 1210. The van der Waals surface area contributed by atoms with Crippen LogP contribution >= 0.6 is 0 Å². The van der Waals surface area contributed by atoms with E-state index in [9.17, 15) is 19.5 Å². The predicted octanol–water partition coefficient (Wildman–Crippen LogP) is 3.81. The normalized spacial score (nSPS) is 12.8. The molecule has 2 aromatic carbocycles. The Labute approximate surface area is 214 Å². The van der Waals surface area contributed by atoms with Crippen LogP contribution in [-0.4, -0.2) is 52.0 Å². The number of nitrogens with one attached hydrogen (secondary N) is 2. The van der Waals surface area contributed by atoms with E-state index in [0.29, 0.717) is 25.1 Å². The third-order valence-corrected chi connectivity index (χ3v) is 6.23. The number of amides is 2. The van der Waals surface area contributed by atoms with Crippen LogP contribution in [0.2, 0.25) is 0 Å². The van der Waals surface area contributed by atoms with E-state index in [1.54, 1.807) is 17.1 Å². The van der Waals surface area contributed by atoms with Crippen molar-refractivity contribution in [1.82, 2.24) is 20.2 Å². The van der Waals surface area contributed by atoms with Crippen molar-refractivity contribution < 1.29 is 29.0 Å². The molecule has 10 heteroatoms. The van der Waals surface area contributed by atoms with Gasteiger partial charge >= 0.3 is 18.2 Å². The van der Waals surface area contributed by atoms with E-state index in [4.69, 9.17) is 9.47 Å². The molecule has 3 aromatic rings. The Balaban J connectivity index is 1.18. The van der Waals surface area contributed by atoms with Crippen molar-refractivity contribution in [2.75, 3.05) is 13.2 Å². The predicted molar refractivity (Wildman–Crippen MR) is 135 cm³/mol. The molecule has 1 aliphatic rings. The molecule has 3 N–H and O–H groups in total. The summed E-state index contributed by atoms with van der Waals surface area (Å²) < 4.78 is 12.3. The van der Waals surface area contributed by atoms with Crippen LogP contribution in [0, 0.1) is 0 Å². The fourth-order valence-electron chi connectivity index (χ4n) is 4.44. The monoisotopic (exact) mass is 506 g/mol. The molecule has 1 heterocycles. The smallest absolute Gasteiger partial charge is 0.407 e. The van der Waals surface area contributed by atoms with Crippen molar-refractivity contribution in [2.45, 2.75) is 37.8 Å². The van der Waals surface area contributed by atoms with Crippen LogP contribution in [-0.2, 0) is 27.9 Å². The average molecular weight is 507 g/mol. The van der Waals surface area contributed by atoms with Gasteiger partial charge in [-0.3, -0.25) is 0 Å². The number of benzene rings is 2. The summed E-state index contributed by atoms with van der Waals surface area (Å²) in [6.07, 6.45) is 3.22. The molecule has 1 atom stereocenters. The van der Waals surface area contributed by atoms with Crippen LogP contribution in [0.1, 0.15) is 42.0 Å². The summed E-state index contributed by atoms with van der Waals surface area (Å²) in [4.78, 5) is 39.9. The molecule has 0 saturated heterocycles. The number of carbonyl (C=O) groups excluding carboxylic acids is 2. The molecular formula is C27H30N4O6. The second-order valence-electron chi connectivity index (χ2n) is 8.89. The van der Waals surface area contributed by atoms with Gasteiger partial charge in [0.15, 0.2) is 0 Å². The number of alkyl carbamates (subject to hydrolysis) is 2. The number of aromatic nitrogens is 2. The molecule has 4 rings (SSSR count). The van der Waals surface area contributed by atoms with E-state index in [2.05, 4.69) is 15.6 Å². The summed E-state index contributed by atoms with van der Waals surface area (Å²) in [5.74, 6) is -1.25. The number of rotatable bonds is 11. The van der Waals surface area contributed by atoms with Gasteiger partial charge in [0.05, 0.1) is 12.0 Å². The number of aliphatic carboxylic acids is 1. The lowest BCUT2D eigenvalue weighted by Crippen LogP contribution is -2.41. The Morgan fingerprint density at radius 2 is 1.68 bits per heavy atom. The maximum atomic E-state index is 12.4. The highest BCUT2D eigenvalue weighted by molar-refractivity contribution is 5.81. The molecule has 0 aliphatic heterocycles. The van der Waals surface area contributed by atoms with Gasteiger partial charge in [-0.15, -0.1) is 0 Å². The molecular weight excluding hydrogens is 476 g/mol. The van der Waals surface area contributed by atoms with E-state index in [1.807, 2.05) is 55.6 Å². The third-order valence-electron chi connectivity index (χ3n) is 6.23. The lowest BCUT2D eigenvalue weighted by Gasteiger charge is -2.17. The molecule has 0 fully saturated rings. The third kappa shape index (κ3) is 6.66. The number of carbonyl (C=O) groups is 3. The van der Waals surface area contributed by atoms with E-state index >= 15 is 0 Å². The summed E-state index contributed by atoms with van der Waals surface area (Å²) in [7, 11) is 1.82. The topological polar surface area (TPSA) is 132 Å². The molecule has 1 aromatic heterocycles. The summed E-state index contributed by atoms with van der Waals surface area (Å²) in [6, 6.07) is 14.9. The van der Waals surface area contributed by atoms with Gasteiger partial charge < -0.3 is 29.8 Å². The van der Waals surface area contributed by atoms with Crippen LogP contribution in [0.15, 0.2) is 61.1 Å². The zero-order valence-electron chi connectivity index (χ0n) is 20.6. The number of hydrogen-bond acceptors (Lipinski definition) is 6. The van der Waals surface area contributed by atoms with Gasteiger partial charge in [-0.2, -0.15) is 0 Å². The number of imidazole rings is 1. The Kier molecular flexibility index (Phi) is 8.40. The average Bonchev–Trinajstić information content (AvgIpc) is 3.46. The first-order chi connectivity index (χ1) is 17.9. The lowest BCUT2D eigenvalue weighted by molar-refractivity contribution is -0.139. The number of fused-ring (bicyclic) bond motifs is 3. The largest absolute Gasteiger partial charge is 0.480 e. The molecule has 194 valence electrons. The van der Waals surface area contributed by atoms with Crippen molar-refractivity contribution >= 4 is 18.2 Å². The number of carboxylic acids is 1. The summed E-state index contributed by atoms with van der Waals surface area (Å²) in [5.41, 5.74) is 5.03. The SMILES string of the molecule is Cn1cnc(COC(=O)NCCCC[C@H](NC(=O)OCC2c3ccccc3-c3ccccc32)C(=O)O)c1. The van der Waals surface area contributed by atoms with Gasteiger partial charge in [-0.25, -0.2) is 19.4 Å². The van der Waals surface area contributed by atoms with Crippen LogP contribution < -0.4 is 10.6 Å². The Morgan fingerprint density at radius 3 is 2.30 bits per heavy atom. The number of aryl methyl sites for hydroxylation is 1. The van der Waals surface area contributed by atoms with E-state index < -0.39 is 24.2 Å². The molecule has 0 saturated carbocycles. The zero-order chi connectivity index (χ0) is 26.2.